The number of hydrogen-bond donors (Lipinski definition) is 0. The number of amides is 1. The van der Waals surface area contributed by atoms with E-state index in [0.717, 1.165) is 67.9 Å². The van der Waals surface area contributed by atoms with Gasteiger partial charge >= 0.3 is 0 Å². The third-order valence-electron chi connectivity index (χ3n) is 6.46. The SMILES string of the molecule is COc1ccc(C2(C(=O)N3CCC[C@@H]3c3cncc(N(C)C)n3)CCCC2)cc1. The average molecular weight is 395 g/mol. The normalized spacial score (nSPS) is 20.7. The van der Waals surface area contributed by atoms with Crippen molar-refractivity contribution < 1.29 is 9.53 Å². The second kappa shape index (κ2) is 8.01. The standard InChI is InChI=1S/C23H30N4O2/c1-26(2)21-16-24-15-19(25-21)20-7-6-14-27(20)22(28)23(12-4-5-13-23)17-8-10-18(29-3)11-9-17/h8-11,15-16,20H,4-7,12-14H2,1-3H3/t20-/m1/s1. The number of likely N-dealkylation sites (tertiary alicyclic amines) is 1. The Morgan fingerprint density at radius 3 is 2.52 bits per heavy atom. The van der Waals surface area contributed by atoms with Gasteiger partial charge in [-0.1, -0.05) is 25.0 Å². The van der Waals surface area contributed by atoms with Crippen LogP contribution in [0.15, 0.2) is 36.7 Å². The van der Waals surface area contributed by atoms with Crippen LogP contribution in [0.2, 0.25) is 0 Å². The molecule has 29 heavy (non-hydrogen) atoms. The molecular weight excluding hydrogens is 364 g/mol. The Hall–Kier alpha value is -2.63. The van der Waals surface area contributed by atoms with Gasteiger partial charge in [-0.2, -0.15) is 0 Å². The average Bonchev–Trinajstić information content (AvgIpc) is 3.44. The van der Waals surface area contributed by atoms with Gasteiger partial charge < -0.3 is 14.5 Å². The highest BCUT2D eigenvalue weighted by molar-refractivity contribution is 5.89. The zero-order valence-corrected chi connectivity index (χ0v) is 17.6. The highest BCUT2D eigenvalue weighted by atomic mass is 16.5. The van der Waals surface area contributed by atoms with Gasteiger partial charge in [0.1, 0.15) is 11.6 Å². The van der Waals surface area contributed by atoms with E-state index in [1.54, 1.807) is 13.3 Å². The molecular formula is C23H30N4O2. The Morgan fingerprint density at radius 2 is 1.86 bits per heavy atom. The Bertz CT molecular complexity index is 859. The summed E-state index contributed by atoms with van der Waals surface area (Å²) in [7, 11) is 5.59. The topological polar surface area (TPSA) is 58.6 Å². The number of ether oxygens (including phenoxy) is 1. The number of hydrogen-bond acceptors (Lipinski definition) is 5. The van der Waals surface area contributed by atoms with E-state index < -0.39 is 5.41 Å². The van der Waals surface area contributed by atoms with Crippen LogP contribution in [-0.2, 0) is 10.2 Å². The van der Waals surface area contributed by atoms with Crippen LogP contribution in [0.4, 0.5) is 5.82 Å². The van der Waals surface area contributed by atoms with E-state index in [9.17, 15) is 4.79 Å². The van der Waals surface area contributed by atoms with E-state index in [1.165, 1.54) is 0 Å². The lowest BCUT2D eigenvalue weighted by molar-refractivity contribution is -0.138. The Morgan fingerprint density at radius 1 is 1.14 bits per heavy atom. The minimum absolute atomic E-state index is 0.00521. The van der Waals surface area contributed by atoms with E-state index in [2.05, 4.69) is 22.0 Å². The van der Waals surface area contributed by atoms with Crippen molar-refractivity contribution in [2.45, 2.75) is 50.0 Å². The lowest BCUT2D eigenvalue weighted by atomic mass is 9.77. The molecule has 1 aromatic carbocycles. The fourth-order valence-electron chi connectivity index (χ4n) is 4.85. The summed E-state index contributed by atoms with van der Waals surface area (Å²) in [6, 6.07) is 8.08. The monoisotopic (exact) mass is 394 g/mol. The number of carbonyl (C=O) groups excluding carboxylic acids is 1. The van der Waals surface area contributed by atoms with Gasteiger partial charge in [0.2, 0.25) is 5.91 Å². The molecule has 2 heterocycles. The number of benzene rings is 1. The molecule has 1 atom stereocenters. The second-order valence-electron chi connectivity index (χ2n) is 8.37. The summed E-state index contributed by atoms with van der Waals surface area (Å²) in [6.45, 7) is 0.787. The predicted octanol–water partition coefficient (Wildman–Crippen LogP) is 3.73. The third-order valence-corrected chi connectivity index (χ3v) is 6.46. The number of aromatic nitrogens is 2. The van der Waals surface area contributed by atoms with E-state index in [-0.39, 0.29) is 11.9 Å². The molecule has 6 heteroatoms. The summed E-state index contributed by atoms with van der Waals surface area (Å²) in [6.07, 6.45) is 9.52. The summed E-state index contributed by atoms with van der Waals surface area (Å²) in [5.74, 6) is 1.90. The molecule has 1 aliphatic carbocycles. The quantitative estimate of drug-likeness (QED) is 0.773. The lowest BCUT2D eigenvalue weighted by Gasteiger charge is -2.36. The molecule has 0 N–H and O–H groups in total. The van der Waals surface area contributed by atoms with Crippen LogP contribution in [0.1, 0.15) is 55.8 Å². The molecule has 4 rings (SSSR count). The number of rotatable bonds is 5. The summed E-state index contributed by atoms with van der Waals surface area (Å²) in [5, 5.41) is 0. The van der Waals surface area contributed by atoms with Crippen LogP contribution in [0.5, 0.6) is 5.75 Å². The van der Waals surface area contributed by atoms with E-state index in [4.69, 9.17) is 9.72 Å². The van der Waals surface area contributed by atoms with Gasteiger partial charge in [-0.05, 0) is 43.4 Å². The van der Waals surface area contributed by atoms with Crippen molar-refractivity contribution in [2.75, 3.05) is 32.6 Å². The first-order valence-corrected chi connectivity index (χ1v) is 10.5. The smallest absolute Gasteiger partial charge is 0.233 e. The molecule has 1 amide bonds. The Kier molecular flexibility index (Phi) is 5.43. The largest absolute Gasteiger partial charge is 0.497 e. The minimum atomic E-state index is -0.429. The Labute approximate surface area is 172 Å². The summed E-state index contributed by atoms with van der Waals surface area (Å²) < 4.78 is 5.32. The molecule has 0 bridgehead atoms. The number of methoxy groups -OCH3 is 1. The van der Waals surface area contributed by atoms with Gasteiger partial charge in [0.25, 0.3) is 0 Å². The molecule has 0 unspecified atom stereocenters. The number of carbonyl (C=O) groups is 1. The lowest BCUT2D eigenvalue weighted by Crippen LogP contribution is -2.45. The highest BCUT2D eigenvalue weighted by Crippen LogP contribution is 2.45. The number of anilines is 1. The van der Waals surface area contributed by atoms with Crippen molar-refractivity contribution in [2.24, 2.45) is 0 Å². The summed E-state index contributed by atoms with van der Waals surface area (Å²) >= 11 is 0. The van der Waals surface area contributed by atoms with Gasteiger partial charge in [-0.3, -0.25) is 9.78 Å². The van der Waals surface area contributed by atoms with Crippen LogP contribution < -0.4 is 9.64 Å². The molecule has 1 aliphatic heterocycles. The van der Waals surface area contributed by atoms with Crippen LogP contribution in [0, 0.1) is 0 Å². The van der Waals surface area contributed by atoms with Crippen molar-refractivity contribution in [1.29, 1.82) is 0 Å². The number of nitrogens with zero attached hydrogens (tertiary/aromatic N) is 4. The van der Waals surface area contributed by atoms with Crippen molar-refractivity contribution >= 4 is 11.7 Å². The van der Waals surface area contributed by atoms with Crippen LogP contribution in [-0.4, -0.2) is 48.5 Å². The van der Waals surface area contributed by atoms with Crippen molar-refractivity contribution in [1.82, 2.24) is 14.9 Å². The maximum absolute atomic E-state index is 14.0. The first-order chi connectivity index (χ1) is 14.0. The van der Waals surface area contributed by atoms with Gasteiger partial charge in [0.05, 0.1) is 36.7 Å². The molecule has 2 aliphatic rings. The molecule has 1 saturated heterocycles. The van der Waals surface area contributed by atoms with Gasteiger partial charge in [0, 0.05) is 20.6 Å². The molecule has 0 radical (unpaired) electrons. The van der Waals surface area contributed by atoms with Gasteiger partial charge in [-0.15, -0.1) is 0 Å². The molecule has 0 spiro atoms. The minimum Gasteiger partial charge on any atom is -0.497 e. The first kappa shape index (κ1) is 19.7. The van der Waals surface area contributed by atoms with E-state index in [1.807, 2.05) is 37.3 Å². The fourth-order valence-corrected chi connectivity index (χ4v) is 4.85. The molecule has 1 aromatic heterocycles. The van der Waals surface area contributed by atoms with Crippen LogP contribution in [0.25, 0.3) is 0 Å². The second-order valence-corrected chi connectivity index (χ2v) is 8.37. The molecule has 154 valence electrons. The molecule has 6 nitrogen and oxygen atoms in total. The maximum Gasteiger partial charge on any atom is 0.233 e. The maximum atomic E-state index is 14.0. The van der Waals surface area contributed by atoms with Crippen LogP contribution >= 0.6 is 0 Å². The third kappa shape index (κ3) is 3.56. The van der Waals surface area contributed by atoms with Gasteiger partial charge in [-0.25, -0.2) is 4.98 Å². The Balaban J connectivity index is 1.66. The molecule has 1 saturated carbocycles. The highest BCUT2D eigenvalue weighted by Gasteiger charge is 2.47. The summed E-state index contributed by atoms with van der Waals surface area (Å²) in [5.41, 5.74) is 1.58. The van der Waals surface area contributed by atoms with Crippen molar-refractivity contribution in [3.63, 3.8) is 0 Å². The van der Waals surface area contributed by atoms with Crippen LogP contribution in [0.3, 0.4) is 0 Å². The van der Waals surface area contributed by atoms with Gasteiger partial charge in [0.15, 0.2) is 0 Å². The summed E-state index contributed by atoms with van der Waals surface area (Å²) in [4.78, 5) is 27.1. The van der Waals surface area contributed by atoms with Crippen molar-refractivity contribution in [3.05, 3.63) is 47.9 Å². The van der Waals surface area contributed by atoms with Crippen molar-refractivity contribution in [3.8, 4) is 5.75 Å². The molecule has 2 aromatic rings. The van der Waals surface area contributed by atoms with E-state index >= 15 is 0 Å². The molecule has 2 fully saturated rings. The zero-order valence-electron chi connectivity index (χ0n) is 17.6. The predicted molar refractivity (Wildman–Crippen MR) is 113 cm³/mol. The zero-order chi connectivity index (χ0) is 20.4. The van der Waals surface area contributed by atoms with E-state index in [0.29, 0.717) is 0 Å². The first-order valence-electron chi connectivity index (χ1n) is 10.5. The fraction of sp³-hybridized carbons (Fsp3) is 0.522.